The Morgan fingerprint density at radius 1 is 1.29 bits per heavy atom. The second kappa shape index (κ2) is 3.82. The zero-order valence-corrected chi connectivity index (χ0v) is 8.61. The molecule has 4 heteroatoms. The number of rotatable bonds is 2. The van der Waals surface area contributed by atoms with Gasteiger partial charge < -0.3 is 4.90 Å². The van der Waals surface area contributed by atoms with E-state index in [1.54, 1.807) is 10.8 Å². The van der Waals surface area contributed by atoms with Crippen LogP contribution in [-0.2, 0) is 7.05 Å². The summed E-state index contributed by atoms with van der Waals surface area (Å²) in [6.45, 7) is 5.88. The Morgan fingerprint density at radius 3 is 2.57 bits per heavy atom. The van der Waals surface area contributed by atoms with Crippen LogP contribution in [-0.4, -0.2) is 27.9 Å². The molecule has 0 radical (unpaired) electrons. The highest BCUT2D eigenvalue weighted by Crippen LogP contribution is 2.16. The molecule has 0 saturated carbocycles. The summed E-state index contributed by atoms with van der Waals surface area (Å²) in [5.41, 5.74) is 0. The lowest BCUT2D eigenvalue weighted by Gasteiger charge is -2.24. The lowest BCUT2D eigenvalue weighted by Crippen LogP contribution is -2.30. The molecule has 1 saturated heterocycles. The van der Waals surface area contributed by atoms with Crippen LogP contribution in [0.25, 0.3) is 6.08 Å². The molecule has 1 fully saturated rings. The molecule has 0 aliphatic carbocycles. The highest BCUT2D eigenvalue weighted by molar-refractivity contribution is 5.41. The van der Waals surface area contributed by atoms with Crippen molar-refractivity contribution in [3.05, 3.63) is 12.4 Å². The van der Waals surface area contributed by atoms with Crippen molar-refractivity contribution in [2.45, 2.75) is 19.3 Å². The number of piperidine rings is 1. The summed E-state index contributed by atoms with van der Waals surface area (Å²) in [4.78, 5) is 6.66. The van der Waals surface area contributed by atoms with Gasteiger partial charge in [0.25, 0.3) is 0 Å². The molecule has 76 valence electrons. The van der Waals surface area contributed by atoms with E-state index < -0.39 is 0 Å². The van der Waals surface area contributed by atoms with Crippen LogP contribution in [0.2, 0.25) is 0 Å². The van der Waals surface area contributed by atoms with Crippen molar-refractivity contribution < 1.29 is 0 Å². The minimum atomic E-state index is 0.838. The molecule has 0 atom stereocenters. The number of aryl methyl sites for hydroxylation is 1. The van der Waals surface area contributed by atoms with Crippen molar-refractivity contribution in [2.24, 2.45) is 7.05 Å². The van der Waals surface area contributed by atoms with Crippen LogP contribution in [0.15, 0.2) is 6.58 Å². The first-order chi connectivity index (χ1) is 6.81. The fourth-order valence-electron chi connectivity index (χ4n) is 1.79. The quantitative estimate of drug-likeness (QED) is 0.711. The number of hydrogen-bond acceptors (Lipinski definition) is 3. The lowest BCUT2D eigenvalue weighted by molar-refractivity contribution is 0.566. The van der Waals surface area contributed by atoms with Crippen LogP contribution < -0.4 is 4.90 Å². The molecule has 0 unspecified atom stereocenters. The van der Waals surface area contributed by atoms with Gasteiger partial charge in [0.05, 0.1) is 0 Å². The molecule has 1 aromatic rings. The summed E-state index contributed by atoms with van der Waals surface area (Å²) in [5, 5.41) is 4.37. The van der Waals surface area contributed by atoms with Gasteiger partial charge >= 0.3 is 0 Å². The van der Waals surface area contributed by atoms with Gasteiger partial charge in [0.15, 0.2) is 5.82 Å². The Kier molecular flexibility index (Phi) is 2.52. The fourth-order valence-corrected chi connectivity index (χ4v) is 1.79. The van der Waals surface area contributed by atoms with E-state index in [9.17, 15) is 0 Å². The first kappa shape index (κ1) is 9.24. The molecular weight excluding hydrogens is 176 g/mol. The second-order valence-corrected chi connectivity index (χ2v) is 3.65. The van der Waals surface area contributed by atoms with Gasteiger partial charge in [0.2, 0.25) is 5.95 Å². The van der Waals surface area contributed by atoms with Crippen LogP contribution in [0.4, 0.5) is 5.95 Å². The summed E-state index contributed by atoms with van der Waals surface area (Å²) in [6.07, 6.45) is 5.57. The predicted octanol–water partition coefficient (Wildman–Crippen LogP) is 1.45. The van der Waals surface area contributed by atoms with E-state index in [0.717, 1.165) is 24.9 Å². The third-order valence-corrected chi connectivity index (χ3v) is 2.61. The van der Waals surface area contributed by atoms with E-state index >= 15 is 0 Å². The zero-order chi connectivity index (χ0) is 9.97. The molecule has 2 rings (SSSR count). The van der Waals surface area contributed by atoms with Gasteiger partial charge in [-0.1, -0.05) is 6.58 Å². The van der Waals surface area contributed by atoms with E-state index in [1.807, 2.05) is 7.05 Å². The molecule has 0 spiro atoms. The van der Waals surface area contributed by atoms with Gasteiger partial charge in [-0.05, 0) is 25.3 Å². The number of anilines is 1. The van der Waals surface area contributed by atoms with Gasteiger partial charge in [0.1, 0.15) is 0 Å². The van der Waals surface area contributed by atoms with Crippen LogP contribution in [0.3, 0.4) is 0 Å². The smallest absolute Gasteiger partial charge is 0.245 e. The third kappa shape index (κ3) is 1.64. The van der Waals surface area contributed by atoms with E-state index in [2.05, 4.69) is 21.6 Å². The minimum absolute atomic E-state index is 0.838. The Hall–Kier alpha value is -1.32. The van der Waals surface area contributed by atoms with Crippen molar-refractivity contribution in [3.63, 3.8) is 0 Å². The van der Waals surface area contributed by atoms with Crippen LogP contribution in [0, 0.1) is 0 Å². The number of nitrogens with zero attached hydrogens (tertiary/aromatic N) is 4. The summed E-state index contributed by atoms with van der Waals surface area (Å²) in [7, 11) is 1.90. The molecule has 1 aliphatic rings. The molecular formula is C10H16N4. The first-order valence-electron chi connectivity index (χ1n) is 5.09. The Bertz CT molecular complexity index is 323. The van der Waals surface area contributed by atoms with Crippen molar-refractivity contribution in [1.29, 1.82) is 0 Å². The van der Waals surface area contributed by atoms with Gasteiger partial charge in [-0.2, -0.15) is 4.98 Å². The first-order valence-corrected chi connectivity index (χ1v) is 5.09. The monoisotopic (exact) mass is 192 g/mol. The van der Waals surface area contributed by atoms with Crippen molar-refractivity contribution in [3.8, 4) is 0 Å². The normalized spacial score (nSPS) is 17.1. The standard InChI is InChI=1S/C10H16N4/c1-3-9-11-10(12-13(9)2)14-7-5-4-6-8-14/h3H,1,4-8H2,2H3. The van der Waals surface area contributed by atoms with Crippen molar-refractivity contribution in [2.75, 3.05) is 18.0 Å². The minimum Gasteiger partial charge on any atom is -0.340 e. The largest absolute Gasteiger partial charge is 0.340 e. The molecule has 14 heavy (non-hydrogen) atoms. The van der Waals surface area contributed by atoms with E-state index in [1.165, 1.54) is 19.3 Å². The highest BCUT2D eigenvalue weighted by Gasteiger charge is 2.15. The zero-order valence-electron chi connectivity index (χ0n) is 8.61. The Labute approximate surface area is 84.2 Å². The number of hydrogen-bond donors (Lipinski definition) is 0. The molecule has 0 N–H and O–H groups in total. The van der Waals surface area contributed by atoms with Crippen LogP contribution in [0.5, 0.6) is 0 Å². The molecule has 1 aliphatic heterocycles. The maximum atomic E-state index is 4.41. The molecule has 1 aromatic heterocycles. The van der Waals surface area contributed by atoms with Gasteiger partial charge in [-0.15, -0.1) is 5.10 Å². The van der Waals surface area contributed by atoms with E-state index in [4.69, 9.17) is 0 Å². The SMILES string of the molecule is C=Cc1nc(N2CCCCC2)nn1C. The fraction of sp³-hybridized carbons (Fsp3) is 0.600. The summed E-state index contributed by atoms with van der Waals surface area (Å²) in [5.74, 6) is 1.69. The Balaban J connectivity index is 2.18. The summed E-state index contributed by atoms with van der Waals surface area (Å²) < 4.78 is 1.77. The molecule has 0 amide bonds. The predicted molar refractivity (Wildman–Crippen MR) is 57.2 cm³/mol. The highest BCUT2D eigenvalue weighted by atomic mass is 15.4. The summed E-state index contributed by atoms with van der Waals surface area (Å²) in [6, 6.07) is 0. The molecule has 0 aromatic carbocycles. The number of aromatic nitrogens is 3. The van der Waals surface area contributed by atoms with Crippen LogP contribution in [0.1, 0.15) is 25.1 Å². The van der Waals surface area contributed by atoms with Gasteiger partial charge in [-0.25, -0.2) is 4.68 Å². The lowest BCUT2D eigenvalue weighted by atomic mass is 10.1. The molecule has 0 bridgehead atoms. The van der Waals surface area contributed by atoms with E-state index in [-0.39, 0.29) is 0 Å². The van der Waals surface area contributed by atoms with Gasteiger partial charge in [0, 0.05) is 20.1 Å². The molecule has 4 nitrogen and oxygen atoms in total. The third-order valence-electron chi connectivity index (χ3n) is 2.61. The summed E-state index contributed by atoms with van der Waals surface area (Å²) >= 11 is 0. The average Bonchev–Trinajstić information content (AvgIpc) is 2.61. The maximum absolute atomic E-state index is 4.41. The maximum Gasteiger partial charge on any atom is 0.245 e. The second-order valence-electron chi connectivity index (χ2n) is 3.65. The average molecular weight is 192 g/mol. The molecule has 2 heterocycles. The van der Waals surface area contributed by atoms with Crippen molar-refractivity contribution in [1.82, 2.24) is 14.8 Å². The topological polar surface area (TPSA) is 34.0 Å². The van der Waals surface area contributed by atoms with Crippen LogP contribution >= 0.6 is 0 Å². The van der Waals surface area contributed by atoms with E-state index in [0.29, 0.717) is 0 Å². The van der Waals surface area contributed by atoms with Crippen molar-refractivity contribution >= 4 is 12.0 Å². The Morgan fingerprint density at radius 2 is 2.00 bits per heavy atom. The van der Waals surface area contributed by atoms with Gasteiger partial charge in [-0.3, -0.25) is 0 Å².